The fraction of sp³-hybridized carbons (Fsp3) is 0.231. The number of rotatable bonds is 5. The highest BCUT2D eigenvalue weighted by atomic mass is 79.9. The molecule has 106 valence electrons. The van der Waals surface area contributed by atoms with Crippen LogP contribution >= 0.6 is 15.9 Å². The fourth-order valence-corrected chi connectivity index (χ4v) is 1.94. The predicted octanol–water partition coefficient (Wildman–Crippen LogP) is 0.995. The molecule has 0 radical (unpaired) electrons. The molecule has 0 fully saturated rings. The number of amides is 1. The van der Waals surface area contributed by atoms with Crippen LogP contribution in [0.15, 0.2) is 50.4 Å². The molecule has 0 aromatic carbocycles. The van der Waals surface area contributed by atoms with Crippen LogP contribution in [0.3, 0.4) is 0 Å². The van der Waals surface area contributed by atoms with Crippen LogP contribution in [0.25, 0.3) is 0 Å². The van der Waals surface area contributed by atoms with Crippen molar-refractivity contribution in [1.82, 2.24) is 9.88 Å². The summed E-state index contributed by atoms with van der Waals surface area (Å²) in [4.78, 5) is 23.1. The van der Waals surface area contributed by atoms with E-state index >= 15 is 0 Å². The second-order valence-electron chi connectivity index (χ2n) is 4.16. The van der Waals surface area contributed by atoms with Crippen LogP contribution in [0.2, 0.25) is 0 Å². The number of halogens is 1. The number of hydrogen-bond acceptors (Lipinski definition) is 4. The van der Waals surface area contributed by atoms with Crippen molar-refractivity contribution in [3.05, 3.63) is 57.3 Å². The first-order chi connectivity index (χ1) is 9.56. The Hall–Kier alpha value is -1.86. The van der Waals surface area contributed by atoms with Gasteiger partial charge in [0.05, 0.1) is 12.6 Å². The molecule has 0 saturated carbocycles. The monoisotopic (exact) mass is 340 g/mol. The van der Waals surface area contributed by atoms with Gasteiger partial charge in [0.2, 0.25) is 0 Å². The van der Waals surface area contributed by atoms with E-state index in [9.17, 15) is 14.7 Å². The second kappa shape index (κ2) is 6.53. The van der Waals surface area contributed by atoms with E-state index in [1.54, 1.807) is 24.4 Å². The molecule has 6 nitrogen and oxygen atoms in total. The van der Waals surface area contributed by atoms with Crippen LogP contribution in [-0.4, -0.2) is 28.2 Å². The summed E-state index contributed by atoms with van der Waals surface area (Å²) in [7, 11) is 0. The van der Waals surface area contributed by atoms with Crippen molar-refractivity contribution in [2.75, 3.05) is 6.54 Å². The molecule has 1 atom stereocenters. The largest absolute Gasteiger partial charge is 0.444 e. The van der Waals surface area contributed by atoms with Crippen molar-refractivity contribution < 1.29 is 14.3 Å². The highest BCUT2D eigenvalue weighted by molar-refractivity contribution is 9.10. The molecule has 2 aromatic rings. The summed E-state index contributed by atoms with van der Waals surface area (Å²) in [6.07, 6.45) is 0.717. The number of carbonyl (C=O) groups is 1. The average Bonchev–Trinajstić information content (AvgIpc) is 2.85. The fourth-order valence-electron chi connectivity index (χ4n) is 1.64. The van der Waals surface area contributed by atoms with E-state index in [4.69, 9.17) is 4.42 Å². The topological polar surface area (TPSA) is 84.5 Å². The van der Waals surface area contributed by atoms with Crippen LogP contribution in [0.5, 0.6) is 0 Å². The molecule has 2 N–H and O–H groups in total. The van der Waals surface area contributed by atoms with Crippen molar-refractivity contribution in [1.29, 1.82) is 0 Å². The van der Waals surface area contributed by atoms with Gasteiger partial charge >= 0.3 is 0 Å². The Morgan fingerprint density at radius 3 is 2.85 bits per heavy atom. The Labute approximate surface area is 123 Å². The Bertz CT molecular complexity index is 650. The highest BCUT2D eigenvalue weighted by Gasteiger charge is 2.12. The summed E-state index contributed by atoms with van der Waals surface area (Å²) in [6.45, 7) is 0.139. The Morgan fingerprint density at radius 1 is 1.40 bits per heavy atom. The van der Waals surface area contributed by atoms with E-state index in [1.807, 2.05) is 0 Å². The van der Waals surface area contributed by atoms with Gasteiger partial charge in [0.25, 0.3) is 11.5 Å². The second-order valence-corrected chi connectivity index (χ2v) is 4.94. The number of nitrogens with zero attached hydrogens (tertiary/aromatic N) is 1. The molecule has 1 amide bonds. The van der Waals surface area contributed by atoms with Crippen LogP contribution < -0.4 is 10.9 Å². The molecule has 0 bridgehead atoms. The molecule has 0 saturated heterocycles. The van der Waals surface area contributed by atoms with Crippen molar-refractivity contribution in [2.24, 2.45) is 0 Å². The SMILES string of the molecule is O=C(NCC(O)Cn1ccccc1=O)c1ccc(Br)o1. The number of carbonyl (C=O) groups excluding carboxylic acids is 1. The lowest BCUT2D eigenvalue weighted by Crippen LogP contribution is -2.36. The summed E-state index contributed by atoms with van der Waals surface area (Å²) in [5, 5.41) is 12.3. The van der Waals surface area contributed by atoms with E-state index in [0.717, 1.165) is 0 Å². The highest BCUT2D eigenvalue weighted by Crippen LogP contribution is 2.13. The van der Waals surface area contributed by atoms with Gasteiger partial charge in [0.15, 0.2) is 10.4 Å². The standard InChI is InChI=1S/C13H13BrN2O4/c14-11-5-4-10(20-11)13(19)15-7-9(17)8-16-6-2-1-3-12(16)18/h1-6,9,17H,7-8H2,(H,15,19). The minimum atomic E-state index is -0.863. The quantitative estimate of drug-likeness (QED) is 0.850. The first-order valence-electron chi connectivity index (χ1n) is 5.93. The summed E-state index contributed by atoms with van der Waals surface area (Å²) in [5.74, 6) is -0.267. The maximum absolute atomic E-state index is 11.7. The maximum Gasteiger partial charge on any atom is 0.287 e. The Morgan fingerprint density at radius 2 is 2.20 bits per heavy atom. The summed E-state index contributed by atoms with van der Waals surface area (Å²) in [6, 6.07) is 7.86. The molecule has 20 heavy (non-hydrogen) atoms. The first kappa shape index (κ1) is 14.5. The number of nitrogens with one attached hydrogen (secondary N) is 1. The molecule has 0 aliphatic heterocycles. The van der Waals surface area contributed by atoms with E-state index in [2.05, 4.69) is 21.2 Å². The van der Waals surface area contributed by atoms with E-state index < -0.39 is 12.0 Å². The summed E-state index contributed by atoms with van der Waals surface area (Å²) >= 11 is 3.10. The lowest BCUT2D eigenvalue weighted by Gasteiger charge is -2.12. The normalized spacial score (nSPS) is 12.1. The lowest BCUT2D eigenvalue weighted by molar-refractivity contribution is 0.0875. The van der Waals surface area contributed by atoms with Crippen molar-refractivity contribution in [2.45, 2.75) is 12.6 Å². The Balaban J connectivity index is 1.86. The van der Waals surface area contributed by atoms with Crippen molar-refractivity contribution >= 4 is 21.8 Å². The summed E-state index contributed by atoms with van der Waals surface area (Å²) in [5.41, 5.74) is -0.201. The molecular weight excluding hydrogens is 328 g/mol. The van der Waals surface area contributed by atoms with Gasteiger partial charge in [-0.2, -0.15) is 0 Å². The minimum Gasteiger partial charge on any atom is -0.444 e. The zero-order chi connectivity index (χ0) is 14.5. The van der Waals surface area contributed by atoms with Crippen LogP contribution in [0.4, 0.5) is 0 Å². The third-order valence-corrected chi connectivity index (χ3v) is 3.03. The van der Waals surface area contributed by atoms with E-state index in [-0.39, 0.29) is 24.4 Å². The van der Waals surface area contributed by atoms with Gasteiger partial charge < -0.3 is 19.4 Å². The molecule has 0 aliphatic rings. The van der Waals surface area contributed by atoms with Gasteiger partial charge in [-0.1, -0.05) is 6.07 Å². The van der Waals surface area contributed by atoms with Gasteiger partial charge in [-0.25, -0.2) is 0 Å². The zero-order valence-corrected chi connectivity index (χ0v) is 12.0. The van der Waals surface area contributed by atoms with Crippen LogP contribution in [0.1, 0.15) is 10.6 Å². The van der Waals surface area contributed by atoms with Gasteiger partial charge in [0, 0.05) is 18.8 Å². The summed E-state index contributed by atoms with van der Waals surface area (Å²) < 4.78 is 6.92. The smallest absolute Gasteiger partial charge is 0.287 e. The molecule has 1 unspecified atom stereocenters. The number of pyridine rings is 1. The number of hydrogen-bond donors (Lipinski definition) is 2. The van der Waals surface area contributed by atoms with E-state index in [1.165, 1.54) is 16.7 Å². The maximum atomic E-state index is 11.7. The van der Waals surface area contributed by atoms with Gasteiger partial charge in [0.1, 0.15) is 0 Å². The molecule has 2 rings (SSSR count). The van der Waals surface area contributed by atoms with Gasteiger partial charge in [-0.15, -0.1) is 0 Å². The molecule has 0 spiro atoms. The van der Waals surface area contributed by atoms with E-state index in [0.29, 0.717) is 4.67 Å². The Kier molecular flexibility index (Phi) is 4.75. The van der Waals surface area contributed by atoms with Crippen LogP contribution in [0, 0.1) is 0 Å². The average molecular weight is 341 g/mol. The zero-order valence-electron chi connectivity index (χ0n) is 10.5. The number of aliphatic hydroxyl groups excluding tert-OH is 1. The molecule has 7 heteroatoms. The lowest BCUT2D eigenvalue weighted by atomic mass is 10.3. The number of aromatic nitrogens is 1. The number of furan rings is 1. The number of aliphatic hydroxyl groups is 1. The predicted molar refractivity (Wildman–Crippen MR) is 75.5 cm³/mol. The van der Waals surface area contributed by atoms with Crippen molar-refractivity contribution in [3.8, 4) is 0 Å². The van der Waals surface area contributed by atoms with Gasteiger partial charge in [-0.05, 0) is 34.1 Å². The third-order valence-electron chi connectivity index (χ3n) is 2.60. The molecule has 2 aromatic heterocycles. The first-order valence-corrected chi connectivity index (χ1v) is 6.72. The van der Waals surface area contributed by atoms with Crippen LogP contribution in [-0.2, 0) is 6.54 Å². The minimum absolute atomic E-state index is 0.0263. The molecule has 2 heterocycles. The molecule has 0 aliphatic carbocycles. The molecular formula is C13H13BrN2O4. The third kappa shape index (κ3) is 3.82. The van der Waals surface area contributed by atoms with Gasteiger partial charge in [-0.3, -0.25) is 9.59 Å². The van der Waals surface area contributed by atoms with Crippen molar-refractivity contribution in [3.63, 3.8) is 0 Å².